The minimum atomic E-state index is -0.555. The molecule has 7 heteroatoms. The lowest BCUT2D eigenvalue weighted by Crippen LogP contribution is -2.24. The zero-order chi connectivity index (χ0) is 19.0. The van der Waals surface area contributed by atoms with E-state index in [-0.39, 0.29) is 31.7 Å². The number of fused-ring (bicyclic) bond motifs is 1. The standard InChI is InChI=1S/C19H15Cl3N2O2/c1-3-24-9-12(18(25)11-6-10(2)4-5-17(11)24)19(26)23-16-8-14(21)13(20)7-15(16)22/h4-9H,3H2,1-2H3,(H,23,26). The highest BCUT2D eigenvalue weighted by molar-refractivity contribution is 6.44. The Labute approximate surface area is 165 Å². The molecule has 134 valence electrons. The predicted molar refractivity (Wildman–Crippen MR) is 108 cm³/mol. The fourth-order valence-corrected chi connectivity index (χ4v) is 3.34. The van der Waals surface area contributed by atoms with E-state index in [2.05, 4.69) is 5.32 Å². The monoisotopic (exact) mass is 408 g/mol. The van der Waals surface area contributed by atoms with Crippen molar-refractivity contribution in [2.75, 3.05) is 5.32 Å². The van der Waals surface area contributed by atoms with Crippen LogP contribution in [0.5, 0.6) is 0 Å². The van der Waals surface area contributed by atoms with Gasteiger partial charge in [-0.25, -0.2) is 0 Å². The summed E-state index contributed by atoms with van der Waals surface area (Å²) in [4.78, 5) is 25.6. The number of anilines is 1. The summed E-state index contributed by atoms with van der Waals surface area (Å²) < 4.78 is 1.86. The van der Waals surface area contributed by atoms with E-state index in [9.17, 15) is 9.59 Å². The van der Waals surface area contributed by atoms with Crippen molar-refractivity contribution in [3.8, 4) is 0 Å². The topological polar surface area (TPSA) is 51.1 Å². The van der Waals surface area contributed by atoms with Crippen molar-refractivity contribution in [3.63, 3.8) is 0 Å². The Morgan fingerprint density at radius 2 is 1.77 bits per heavy atom. The van der Waals surface area contributed by atoms with Gasteiger partial charge in [-0.05, 0) is 38.1 Å². The van der Waals surface area contributed by atoms with Crippen molar-refractivity contribution in [1.82, 2.24) is 4.57 Å². The molecule has 0 aliphatic carbocycles. The highest BCUT2D eigenvalue weighted by Crippen LogP contribution is 2.32. The van der Waals surface area contributed by atoms with Gasteiger partial charge in [-0.3, -0.25) is 9.59 Å². The van der Waals surface area contributed by atoms with E-state index < -0.39 is 5.91 Å². The van der Waals surface area contributed by atoms with Gasteiger partial charge in [-0.1, -0.05) is 46.4 Å². The SMILES string of the molecule is CCn1cc(C(=O)Nc2cc(Cl)c(Cl)cc2Cl)c(=O)c2cc(C)ccc21. The van der Waals surface area contributed by atoms with Crippen molar-refractivity contribution >= 4 is 57.3 Å². The molecule has 1 heterocycles. The molecule has 26 heavy (non-hydrogen) atoms. The fraction of sp³-hybridized carbons (Fsp3) is 0.158. The molecule has 1 amide bonds. The Morgan fingerprint density at radius 1 is 1.08 bits per heavy atom. The van der Waals surface area contributed by atoms with Crippen molar-refractivity contribution in [2.45, 2.75) is 20.4 Å². The summed E-state index contributed by atoms with van der Waals surface area (Å²) in [5.74, 6) is -0.555. The number of aromatic nitrogens is 1. The molecule has 0 aliphatic heterocycles. The Balaban J connectivity index is 2.10. The first kappa shape index (κ1) is 18.8. The third-order valence-corrected chi connectivity index (χ3v) is 5.11. The molecule has 0 radical (unpaired) electrons. The predicted octanol–water partition coefficient (Wildman–Crippen LogP) is 5.54. The number of halogens is 3. The second-order valence-corrected chi connectivity index (χ2v) is 7.10. The van der Waals surface area contributed by atoms with E-state index in [4.69, 9.17) is 34.8 Å². The number of aryl methyl sites for hydroxylation is 2. The molecule has 3 rings (SSSR count). The Hall–Kier alpha value is -2.01. The lowest BCUT2D eigenvalue weighted by Gasteiger charge is -2.13. The van der Waals surface area contributed by atoms with Crippen LogP contribution in [0.2, 0.25) is 15.1 Å². The van der Waals surface area contributed by atoms with Gasteiger partial charge in [-0.2, -0.15) is 0 Å². The van der Waals surface area contributed by atoms with Gasteiger partial charge in [0.15, 0.2) is 0 Å². The number of rotatable bonds is 3. The van der Waals surface area contributed by atoms with Crippen molar-refractivity contribution in [3.05, 3.63) is 72.9 Å². The molecule has 0 spiro atoms. The maximum Gasteiger partial charge on any atom is 0.261 e. The number of benzene rings is 2. The van der Waals surface area contributed by atoms with E-state index >= 15 is 0 Å². The van der Waals surface area contributed by atoms with Gasteiger partial charge in [0, 0.05) is 18.1 Å². The number of pyridine rings is 1. The molecule has 0 saturated carbocycles. The van der Waals surface area contributed by atoms with Crippen LogP contribution in [0.4, 0.5) is 5.69 Å². The molecule has 0 unspecified atom stereocenters. The fourth-order valence-electron chi connectivity index (χ4n) is 2.74. The number of carbonyl (C=O) groups excluding carboxylic acids is 1. The molecule has 0 atom stereocenters. The molecular weight excluding hydrogens is 395 g/mol. The van der Waals surface area contributed by atoms with Crippen molar-refractivity contribution in [1.29, 1.82) is 0 Å². The summed E-state index contributed by atoms with van der Waals surface area (Å²) in [6, 6.07) is 8.49. The zero-order valence-electron chi connectivity index (χ0n) is 14.1. The average molecular weight is 410 g/mol. The van der Waals surface area contributed by atoms with E-state index in [0.29, 0.717) is 11.9 Å². The maximum absolute atomic E-state index is 12.8. The third kappa shape index (κ3) is 3.45. The lowest BCUT2D eigenvalue weighted by atomic mass is 10.1. The number of carbonyl (C=O) groups is 1. The van der Waals surface area contributed by atoms with E-state index in [0.717, 1.165) is 11.1 Å². The Bertz CT molecular complexity index is 1090. The average Bonchev–Trinajstić information content (AvgIpc) is 2.60. The third-order valence-electron chi connectivity index (χ3n) is 4.08. The van der Waals surface area contributed by atoms with Gasteiger partial charge in [0.2, 0.25) is 5.43 Å². The van der Waals surface area contributed by atoms with Gasteiger partial charge in [0.1, 0.15) is 5.56 Å². The van der Waals surface area contributed by atoms with Crippen LogP contribution in [-0.4, -0.2) is 10.5 Å². The van der Waals surface area contributed by atoms with Crippen LogP contribution in [0.1, 0.15) is 22.8 Å². The van der Waals surface area contributed by atoms with Gasteiger partial charge in [0.25, 0.3) is 5.91 Å². The second-order valence-electron chi connectivity index (χ2n) is 5.88. The first-order chi connectivity index (χ1) is 12.3. The van der Waals surface area contributed by atoms with Crippen LogP contribution in [-0.2, 0) is 6.54 Å². The summed E-state index contributed by atoms with van der Waals surface area (Å²) in [6.07, 6.45) is 1.56. The highest BCUT2D eigenvalue weighted by atomic mass is 35.5. The minimum absolute atomic E-state index is 0.0343. The molecule has 0 fully saturated rings. The smallest absolute Gasteiger partial charge is 0.261 e. The van der Waals surface area contributed by atoms with Gasteiger partial charge in [0.05, 0.1) is 26.3 Å². The number of nitrogens with zero attached hydrogens (tertiary/aromatic N) is 1. The Kier molecular flexibility index (Phi) is 5.28. The Morgan fingerprint density at radius 3 is 2.46 bits per heavy atom. The van der Waals surface area contributed by atoms with E-state index in [1.165, 1.54) is 12.1 Å². The molecule has 2 aromatic carbocycles. The van der Waals surface area contributed by atoms with Crippen LogP contribution in [0.25, 0.3) is 10.9 Å². The molecule has 0 bridgehead atoms. The summed E-state index contributed by atoms with van der Waals surface area (Å²) in [7, 11) is 0. The summed E-state index contributed by atoms with van der Waals surface area (Å²) in [5, 5.41) is 3.91. The van der Waals surface area contributed by atoms with E-state index in [1.54, 1.807) is 12.3 Å². The number of amides is 1. The first-order valence-corrected chi connectivity index (χ1v) is 9.05. The van der Waals surface area contributed by atoms with Crippen molar-refractivity contribution in [2.24, 2.45) is 0 Å². The lowest BCUT2D eigenvalue weighted by molar-refractivity contribution is 0.102. The zero-order valence-corrected chi connectivity index (χ0v) is 16.3. The van der Waals surface area contributed by atoms with E-state index in [1.807, 2.05) is 30.5 Å². The number of nitrogens with one attached hydrogen (secondary N) is 1. The van der Waals surface area contributed by atoms with Gasteiger partial charge >= 0.3 is 0 Å². The number of hydrogen-bond acceptors (Lipinski definition) is 2. The summed E-state index contributed by atoms with van der Waals surface area (Å²) >= 11 is 18.0. The van der Waals surface area contributed by atoms with Gasteiger partial charge in [-0.15, -0.1) is 0 Å². The minimum Gasteiger partial charge on any atom is -0.347 e. The quantitative estimate of drug-likeness (QED) is 0.577. The normalized spacial score (nSPS) is 11.0. The second kappa shape index (κ2) is 7.31. The number of hydrogen-bond donors (Lipinski definition) is 1. The van der Waals surface area contributed by atoms with Crippen molar-refractivity contribution < 1.29 is 4.79 Å². The van der Waals surface area contributed by atoms with Crippen LogP contribution in [0.15, 0.2) is 41.3 Å². The highest BCUT2D eigenvalue weighted by Gasteiger charge is 2.17. The molecule has 1 N–H and O–H groups in total. The molecule has 1 aromatic heterocycles. The molecular formula is C19H15Cl3N2O2. The van der Waals surface area contributed by atoms with Gasteiger partial charge < -0.3 is 9.88 Å². The first-order valence-electron chi connectivity index (χ1n) is 7.91. The molecule has 4 nitrogen and oxygen atoms in total. The molecule has 3 aromatic rings. The van der Waals surface area contributed by atoms with Crippen LogP contribution < -0.4 is 10.7 Å². The summed E-state index contributed by atoms with van der Waals surface area (Å²) in [6.45, 7) is 4.46. The largest absolute Gasteiger partial charge is 0.347 e. The molecule has 0 aliphatic rings. The van der Waals surface area contributed by atoms with Crippen LogP contribution in [0, 0.1) is 6.92 Å². The van der Waals surface area contributed by atoms with Crippen LogP contribution in [0.3, 0.4) is 0 Å². The summed E-state index contributed by atoms with van der Waals surface area (Å²) in [5.41, 5.74) is 1.72. The maximum atomic E-state index is 12.8. The van der Waals surface area contributed by atoms with Crippen LogP contribution >= 0.6 is 34.8 Å². The molecule has 0 saturated heterocycles.